The molecule has 0 unspecified atom stereocenters. The molecular formula is C49H58BCl2IK2N14O7. The van der Waals surface area contributed by atoms with Crippen LogP contribution in [0, 0.1) is 3.70 Å². The van der Waals surface area contributed by atoms with Gasteiger partial charge in [-0.15, -0.1) is 23.2 Å². The van der Waals surface area contributed by atoms with E-state index in [2.05, 4.69) is 78.5 Å². The van der Waals surface area contributed by atoms with Gasteiger partial charge in [-0.3, -0.25) is 23.7 Å². The molecule has 0 radical (unpaired) electrons. The molecule has 392 valence electrons. The fourth-order valence-electron chi connectivity index (χ4n) is 9.33. The Labute approximate surface area is 550 Å². The van der Waals surface area contributed by atoms with Crippen molar-refractivity contribution >= 4 is 98.7 Å². The summed E-state index contributed by atoms with van der Waals surface area (Å²) in [6.45, 7) is 9.44. The molecule has 21 nitrogen and oxygen atoms in total. The zero-order valence-electron chi connectivity index (χ0n) is 45.1. The monoisotopic (exact) mass is 1240 g/mol. The third-order valence-electron chi connectivity index (χ3n) is 13.2. The summed E-state index contributed by atoms with van der Waals surface area (Å²) < 4.78 is 13.3. The molecule has 2 aliphatic carbocycles. The molecule has 2 fully saturated rings. The van der Waals surface area contributed by atoms with Crippen molar-refractivity contribution in [2.45, 2.75) is 89.3 Å². The Morgan fingerprint density at radius 3 is 1.86 bits per heavy atom. The Morgan fingerprint density at radius 1 is 0.816 bits per heavy atom. The number of carbonyl (C=O) groups excluding carboxylic acids is 3. The summed E-state index contributed by atoms with van der Waals surface area (Å²) >= 11 is 12.4. The number of imidazole rings is 2. The van der Waals surface area contributed by atoms with Crippen LogP contribution >= 0.6 is 45.8 Å². The third kappa shape index (κ3) is 14.4. The van der Waals surface area contributed by atoms with Gasteiger partial charge < -0.3 is 49.7 Å². The van der Waals surface area contributed by atoms with Gasteiger partial charge in [0.05, 0.1) is 47.8 Å². The first kappa shape index (κ1) is 62.4. The standard InChI is InChI=1S/C23H25N7O.C12H13BN4O2.C11H14IN3O.C2H4Cl2.CH2O3.2K.H/c1-14(31)29-10-11-30-20(13-29)21(25-22(30)15-4-5-15)16-6-8-24-23-17(16)12-19(28(23)3)18-7-9-27(2)26-18;1-16-7-8(6-15-16)11-5-9-10(13(18)19)3-4-14-12(9)17(11)2;1-7(16)14-4-5-15-9(6-14)10(12)13-11(15)8-2-3-8;1-2(3)4;2-1-4-3;;;/h6-9,12,15H,4-5,10-11,13H2,1-3H3;3-7,18-19H,1-2H3;8H,2-6H2,1H3;2H,1H3;1,3H;;;/q;;;;;2*+1;-1/p-1. The average Bonchev–Trinajstić information content (AvgIpc) is 4.13. The molecule has 2 aliphatic heterocycles. The summed E-state index contributed by atoms with van der Waals surface area (Å²) in [6, 6.07) is 9.74. The minimum Gasteiger partial charge on any atom is -1.00 e. The van der Waals surface area contributed by atoms with Crippen LogP contribution in [0.1, 0.15) is 82.8 Å². The zero-order valence-corrected chi connectivity index (χ0v) is 54.0. The van der Waals surface area contributed by atoms with E-state index in [9.17, 15) is 19.6 Å². The van der Waals surface area contributed by atoms with E-state index in [0.29, 0.717) is 29.5 Å². The van der Waals surface area contributed by atoms with E-state index in [4.69, 9.17) is 38.2 Å². The number of aromatic nitrogens is 12. The molecule has 0 saturated heterocycles. The SMILES string of the molecule is CC(=O)N1CCn2c(C3CC3)nc(-c3ccnc4c3cc(-c3ccn(C)n3)n4C)c2C1.CC(=O)N1CCn2c(C3CC3)nc(I)c2C1.CC(Cl)Cl.Cn1cc(-c2cc3c(B(O)O)ccnc3n2C)cn1.O=CO[O-].[H-].[K+].[K+]. The molecule has 12 rings (SSSR count). The molecule has 8 aromatic heterocycles. The molecular weight excluding hydrogens is 1180 g/mol. The molecule has 0 bridgehead atoms. The topological polar surface area (TPSA) is 237 Å². The number of rotatable bonds is 7. The van der Waals surface area contributed by atoms with Crippen molar-refractivity contribution in [1.82, 2.24) is 67.6 Å². The van der Waals surface area contributed by atoms with Crippen LogP contribution < -0.4 is 113 Å². The molecule has 27 heteroatoms. The van der Waals surface area contributed by atoms with Gasteiger partial charge in [-0.05, 0) is 91.0 Å². The van der Waals surface area contributed by atoms with E-state index in [1.807, 2.05) is 78.0 Å². The fourth-order valence-corrected chi connectivity index (χ4v) is 10.0. The number of nitrogens with zero attached hydrogens (tertiary/aromatic N) is 14. The summed E-state index contributed by atoms with van der Waals surface area (Å²) in [5.41, 5.74) is 10.3. The van der Waals surface area contributed by atoms with Crippen molar-refractivity contribution in [1.29, 1.82) is 0 Å². The molecule has 2 amide bonds. The second-order valence-electron chi connectivity index (χ2n) is 18.5. The molecule has 4 aliphatic rings. The van der Waals surface area contributed by atoms with Gasteiger partial charge in [0, 0.05) is 127 Å². The molecule has 2 N–H and O–H groups in total. The molecule has 0 spiro atoms. The molecule has 0 aromatic carbocycles. The van der Waals surface area contributed by atoms with Gasteiger partial charge in [0.2, 0.25) is 11.8 Å². The van der Waals surface area contributed by atoms with Crippen molar-refractivity contribution in [2.24, 2.45) is 28.2 Å². The first-order valence-corrected chi connectivity index (χ1v) is 25.9. The van der Waals surface area contributed by atoms with E-state index in [1.54, 1.807) is 43.9 Å². The largest absolute Gasteiger partial charge is 1.00 e. The van der Waals surface area contributed by atoms with Crippen LogP contribution in [0.2, 0.25) is 0 Å². The number of alkyl halides is 2. The maximum absolute atomic E-state index is 12.1. The normalized spacial score (nSPS) is 14.3. The van der Waals surface area contributed by atoms with Crippen molar-refractivity contribution in [3.63, 3.8) is 0 Å². The predicted octanol–water partition coefficient (Wildman–Crippen LogP) is -1.18. The van der Waals surface area contributed by atoms with E-state index >= 15 is 0 Å². The van der Waals surface area contributed by atoms with Crippen LogP contribution in [-0.4, -0.2) is 121 Å². The van der Waals surface area contributed by atoms with Gasteiger partial charge in [-0.2, -0.15) is 10.2 Å². The van der Waals surface area contributed by atoms with Gasteiger partial charge in [0.1, 0.15) is 37.2 Å². The predicted molar refractivity (Wildman–Crippen MR) is 287 cm³/mol. The second kappa shape index (κ2) is 27.6. The quantitative estimate of drug-likeness (QED) is 0.0479. The molecule has 8 aromatic rings. The summed E-state index contributed by atoms with van der Waals surface area (Å²) in [7, 11) is 6.19. The van der Waals surface area contributed by atoms with Crippen molar-refractivity contribution in [2.75, 3.05) is 13.1 Å². The first-order chi connectivity index (χ1) is 35.4. The third-order valence-corrected chi connectivity index (χ3v) is 14.1. The number of amides is 2. The maximum atomic E-state index is 12.1. The van der Waals surface area contributed by atoms with E-state index in [-0.39, 0.29) is 127 Å². The molecule has 2 saturated carbocycles. The van der Waals surface area contributed by atoms with Crippen molar-refractivity contribution in [3.8, 4) is 33.9 Å². The van der Waals surface area contributed by atoms with Gasteiger partial charge in [0.15, 0.2) is 0 Å². The Kier molecular flexibility index (Phi) is 22.6. The Hall–Kier alpha value is -2.84. The zero-order chi connectivity index (χ0) is 53.1. The fraction of sp³-hybridized carbons (Fsp3) is 0.408. The van der Waals surface area contributed by atoms with Crippen LogP contribution in [0.5, 0.6) is 0 Å². The van der Waals surface area contributed by atoms with Gasteiger partial charge in [-0.1, -0.05) is 0 Å². The van der Waals surface area contributed by atoms with Gasteiger partial charge in [0.25, 0.3) is 6.47 Å². The van der Waals surface area contributed by atoms with Crippen LogP contribution in [0.4, 0.5) is 0 Å². The average molecular weight is 1240 g/mol. The van der Waals surface area contributed by atoms with Crippen LogP contribution in [0.15, 0.2) is 61.3 Å². The van der Waals surface area contributed by atoms with E-state index < -0.39 is 7.12 Å². The summed E-state index contributed by atoms with van der Waals surface area (Å²) in [6.07, 6.45) is 14.0. The first-order valence-electron chi connectivity index (χ1n) is 24.0. The van der Waals surface area contributed by atoms with Crippen LogP contribution in [0.25, 0.3) is 56.0 Å². The van der Waals surface area contributed by atoms with E-state index in [1.165, 1.54) is 43.0 Å². The maximum Gasteiger partial charge on any atom is 1.00 e. The number of carbonyl (C=O) groups is 3. The Bertz CT molecular complexity index is 3330. The summed E-state index contributed by atoms with van der Waals surface area (Å²) in [4.78, 5) is 57.1. The van der Waals surface area contributed by atoms with Crippen LogP contribution in [0.3, 0.4) is 0 Å². The number of fused-ring (bicyclic) bond motifs is 4. The minimum atomic E-state index is -1.50. The molecule has 0 atom stereocenters. The van der Waals surface area contributed by atoms with Gasteiger partial charge >= 0.3 is 110 Å². The summed E-state index contributed by atoms with van der Waals surface area (Å²) in [5, 5.41) is 37.8. The Balaban J connectivity index is 0.000000205. The van der Waals surface area contributed by atoms with Gasteiger partial charge in [-0.25, -0.2) is 19.9 Å². The number of pyridine rings is 2. The van der Waals surface area contributed by atoms with E-state index in [0.717, 1.165) is 92.4 Å². The summed E-state index contributed by atoms with van der Waals surface area (Å²) in [5.74, 6) is 3.95. The smallest absolute Gasteiger partial charge is 1.00 e. The minimum absolute atomic E-state index is 0. The number of aryl methyl sites for hydroxylation is 4. The molecule has 76 heavy (non-hydrogen) atoms. The number of hydrogen-bond donors (Lipinski definition) is 2. The second-order valence-corrected chi connectivity index (χ2v) is 21.0. The number of halogens is 3. The number of hydrogen-bond acceptors (Lipinski definition) is 13. The molecule has 10 heterocycles. The Morgan fingerprint density at radius 2 is 1.34 bits per heavy atom. The van der Waals surface area contributed by atoms with Crippen molar-refractivity contribution in [3.05, 3.63) is 88.1 Å². The van der Waals surface area contributed by atoms with Crippen molar-refractivity contribution < 1.29 is 139 Å². The van der Waals surface area contributed by atoms with Crippen LogP contribution in [-0.2, 0) is 73.6 Å².